The molecule has 2 aliphatic rings. The van der Waals surface area contributed by atoms with Gasteiger partial charge in [-0.15, -0.1) is 0 Å². The van der Waals surface area contributed by atoms with Crippen LogP contribution in [0.15, 0.2) is 10.9 Å². The average Bonchev–Trinajstić information content (AvgIpc) is 3.76. The third-order valence-corrected chi connectivity index (χ3v) is 13.5. The van der Waals surface area contributed by atoms with E-state index < -0.39 is 113 Å². The largest absolute Gasteiger partial charge is 0.481 e. The normalized spacial score (nSPS) is 27.0. The molecule has 0 radical (unpaired) electrons. The summed E-state index contributed by atoms with van der Waals surface area (Å²) in [6.45, 7) is -1.88. The first-order valence-electron chi connectivity index (χ1n) is 20.8. The lowest BCUT2D eigenvalue weighted by atomic mass is 9.95. The number of nitrogens with zero attached hydrogens (tertiary/aromatic N) is 3. The topological polar surface area (TPSA) is 327 Å². The number of carbonyl (C=O) groups excluding carboxylic acids is 4. The summed E-state index contributed by atoms with van der Waals surface area (Å²) in [6.07, 6.45) is -6.55. The number of halogens is 1. The SMILES string of the molecule is CCCCCCCCCCCCCC(=O)OC[C@H](F)C1O[C@@H](OP(=O)(O)OP(O)(=S)OC[C@H]2O[C@@H](c3noc4c(N)ncnc34)C(O)[C@H]2O)[C@H](OC(C)=O)C(OC(C)=O)[C@@H]1OC(C)=O. The number of carbonyl (C=O) groups is 4. The summed E-state index contributed by atoms with van der Waals surface area (Å²) in [5.41, 5.74) is 5.72. The van der Waals surface area contributed by atoms with E-state index in [2.05, 4.69) is 22.0 Å². The van der Waals surface area contributed by atoms with E-state index >= 15 is 4.39 Å². The highest BCUT2D eigenvalue weighted by Gasteiger charge is 2.57. The first-order chi connectivity index (χ1) is 30.2. The van der Waals surface area contributed by atoms with Crippen molar-refractivity contribution in [3.8, 4) is 0 Å². The lowest BCUT2D eigenvalue weighted by molar-refractivity contribution is -0.296. The molecule has 0 spiro atoms. The van der Waals surface area contributed by atoms with Crippen LogP contribution in [0.1, 0.15) is 117 Å². The molecule has 2 aliphatic heterocycles. The van der Waals surface area contributed by atoms with Crippen molar-refractivity contribution in [1.29, 1.82) is 0 Å². The van der Waals surface area contributed by atoms with Gasteiger partial charge in [0.25, 0.3) is 0 Å². The van der Waals surface area contributed by atoms with Crippen LogP contribution in [0.4, 0.5) is 10.2 Å². The minimum absolute atomic E-state index is 0.0266. The fraction of sp³-hybridized carbons (Fsp3) is 0.757. The molecule has 0 amide bonds. The number of nitrogens with two attached hydrogens (primary N) is 1. The second-order valence-corrected chi connectivity index (χ2v) is 19.6. The molecule has 5 unspecified atom stereocenters. The van der Waals surface area contributed by atoms with Crippen LogP contribution >= 0.6 is 14.5 Å². The highest BCUT2D eigenvalue weighted by molar-refractivity contribution is 8.08. The Kier molecular flexibility index (Phi) is 20.8. The van der Waals surface area contributed by atoms with Gasteiger partial charge in [-0.25, -0.2) is 23.2 Å². The Hall–Kier alpha value is -3.32. The van der Waals surface area contributed by atoms with Gasteiger partial charge in [0.1, 0.15) is 54.7 Å². The van der Waals surface area contributed by atoms with Gasteiger partial charge in [-0.3, -0.25) is 23.7 Å². The van der Waals surface area contributed by atoms with Crippen molar-refractivity contribution >= 4 is 67.1 Å². The smallest absolute Gasteiger partial charge is 0.462 e. The van der Waals surface area contributed by atoms with Crippen molar-refractivity contribution in [1.82, 2.24) is 15.1 Å². The number of ether oxygens (including phenoxy) is 6. The second-order valence-electron chi connectivity index (χ2n) is 15.2. The standard InChI is InChI=1S/C37H57FN4O19P2S/c1-5-6-7-8-9-10-11-12-13-14-15-16-25(46)52-17-23(38)30-33(54-20(2)43)34(55-21(3)44)35(56-22(4)45)37(58-30)60-62(49,50)61-63(51,64)53-18-24-28(47)29(48)31(57-24)27-26-32(59-42-27)36(39)41-19-40-26/h19,23-24,28-31,33-35,37,47-48H,5-18H2,1-4H3,(H,49,50)(H,51,64)(H2,39,40,41)/t23-,24+,28-,29?,30?,31-,33+,34?,35+,37-,63?/m0/s1. The van der Waals surface area contributed by atoms with Crippen LogP contribution in [0.25, 0.3) is 11.1 Å². The lowest BCUT2D eigenvalue weighted by Gasteiger charge is -2.45. The van der Waals surface area contributed by atoms with Gasteiger partial charge in [0.2, 0.25) is 11.9 Å². The zero-order valence-corrected chi connectivity index (χ0v) is 38.4. The number of nitrogen functional groups attached to an aromatic ring is 1. The van der Waals surface area contributed by atoms with Gasteiger partial charge in [-0.05, 0) is 18.2 Å². The number of unbranched alkanes of at least 4 members (excludes halogenated alkanes) is 10. The Balaban J connectivity index is 1.40. The molecule has 4 rings (SSSR count). The zero-order valence-electron chi connectivity index (χ0n) is 35.8. The number of anilines is 1. The number of phosphoric ester groups is 1. The number of aliphatic hydroxyl groups is 2. The molecule has 2 saturated heterocycles. The Morgan fingerprint density at radius 1 is 0.859 bits per heavy atom. The maximum absolute atomic E-state index is 16.1. The Bertz CT molecular complexity index is 1970. The maximum Gasteiger partial charge on any atom is 0.481 e. The summed E-state index contributed by atoms with van der Waals surface area (Å²) in [6, 6.07) is 0. The third kappa shape index (κ3) is 15.9. The number of fused-ring (bicyclic) bond motifs is 1. The minimum Gasteiger partial charge on any atom is -0.462 e. The van der Waals surface area contributed by atoms with Crippen LogP contribution in [-0.4, -0.2) is 127 Å². The van der Waals surface area contributed by atoms with Crippen LogP contribution in [0.5, 0.6) is 0 Å². The minimum atomic E-state index is -5.77. The summed E-state index contributed by atoms with van der Waals surface area (Å²) in [4.78, 5) is 78.7. The monoisotopic (exact) mass is 974 g/mol. The highest BCUT2D eigenvalue weighted by Crippen LogP contribution is 2.62. The van der Waals surface area contributed by atoms with E-state index in [1.165, 1.54) is 32.1 Å². The predicted octanol–water partition coefficient (Wildman–Crippen LogP) is 3.83. The zero-order chi connectivity index (χ0) is 47.2. The van der Waals surface area contributed by atoms with Crippen molar-refractivity contribution in [2.75, 3.05) is 18.9 Å². The van der Waals surface area contributed by atoms with Gasteiger partial charge in [-0.2, -0.15) is 0 Å². The number of alkyl halides is 1. The molecule has 0 aromatic carbocycles. The Labute approximate surface area is 372 Å². The van der Waals surface area contributed by atoms with Gasteiger partial charge in [0, 0.05) is 27.2 Å². The molecule has 64 heavy (non-hydrogen) atoms. The number of phosphoric acid groups is 1. The van der Waals surface area contributed by atoms with E-state index in [1.807, 2.05) is 0 Å². The molecule has 2 aromatic rings. The third-order valence-electron chi connectivity index (χ3n) is 9.97. The quantitative estimate of drug-likeness (QED) is 0.0387. The molecule has 2 fully saturated rings. The number of esters is 4. The van der Waals surface area contributed by atoms with Crippen molar-refractivity contribution < 1.29 is 94.4 Å². The number of aromatic nitrogens is 3. The van der Waals surface area contributed by atoms with Crippen LogP contribution in [0.3, 0.4) is 0 Å². The molecule has 362 valence electrons. The number of hydrogen-bond acceptors (Lipinski definition) is 22. The molecule has 6 N–H and O–H groups in total. The van der Waals surface area contributed by atoms with E-state index in [-0.39, 0.29) is 29.0 Å². The van der Waals surface area contributed by atoms with Crippen molar-refractivity contribution in [3.05, 3.63) is 12.0 Å². The summed E-state index contributed by atoms with van der Waals surface area (Å²) in [7, 11) is -5.77. The molecule has 0 aliphatic carbocycles. The summed E-state index contributed by atoms with van der Waals surface area (Å²) in [5.74, 6) is -4.06. The second kappa shape index (κ2) is 25.0. The van der Waals surface area contributed by atoms with Crippen molar-refractivity contribution in [2.24, 2.45) is 0 Å². The molecule has 27 heteroatoms. The van der Waals surface area contributed by atoms with Gasteiger partial charge in [0.15, 0.2) is 30.3 Å². The summed E-state index contributed by atoms with van der Waals surface area (Å²) in [5, 5.41) is 25.2. The molecule has 0 saturated carbocycles. The van der Waals surface area contributed by atoms with Crippen LogP contribution in [-0.2, 0) is 77.3 Å². The van der Waals surface area contributed by atoms with Crippen LogP contribution in [0.2, 0.25) is 0 Å². The fourth-order valence-electron chi connectivity index (χ4n) is 7.02. The molecule has 23 nitrogen and oxygen atoms in total. The summed E-state index contributed by atoms with van der Waals surface area (Å²) < 4.78 is 81.7. The van der Waals surface area contributed by atoms with Gasteiger partial charge in [-0.1, -0.05) is 76.3 Å². The molecule has 12 atom stereocenters. The van der Waals surface area contributed by atoms with E-state index in [0.717, 1.165) is 59.2 Å². The summed E-state index contributed by atoms with van der Waals surface area (Å²) >= 11 is 4.89. The van der Waals surface area contributed by atoms with Gasteiger partial charge >= 0.3 is 38.4 Å². The van der Waals surface area contributed by atoms with E-state index in [0.29, 0.717) is 6.42 Å². The highest BCUT2D eigenvalue weighted by atomic mass is 32.5. The molecular formula is C37H57FN4O19P2S. The first-order valence-corrected chi connectivity index (χ1v) is 24.9. The van der Waals surface area contributed by atoms with E-state index in [9.17, 15) is 43.7 Å². The van der Waals surface area contributed by atoms with Gasteiger partial charge in [0.05, 0.1) is 6.61 Å². The maximum atomic E-state index is 16.1. The molecule has 2 aromatic heterocycles. The first kappa shape index (κ1) is 53.3. The fourth-order valence-corrected chi connectivity index (χ4v) is 10.1. The van der Waals surface area contributed by atoms with Crippen LogP contribution < -0.4 is 5.73 Å². The number of rotatable bonds is 26. The number of aliphatic hydroxyl groups excluding tert-OH is 2. The lowest BCUT2D eigenvalue weighted by Crippen LogP contribution is -2.64. The molecule has 0 bridgehead atoms. The predicted molar refractivity (Wildman–Crippen MR) is 220 cm³/mol. The Morgan fingerprint density at radius 3 is 2.05 bits per heavy atom. The molecule has 4 heterocycles. The van der Waals surface area contributed by atoms with E-state index in [1.54, 1.807) is 0 Å². The molecular weight excluding hydrogens is 917 g/mol. The van der Waals surface area contributed by atoms with Crippen molar-refractivity contribution in [3.63, 3.8) is 0 Å². The Morgan fingerprint density at radius 2 is 1.44 bits per heavy atom. The average molecular weight is 975 g/mol. The van der Waals surface area contributed by atoms with Crippen LogP contribution in [0, 0.1) is 0 Å². The van der Waals surface area contributed by atoms with Crippen molar-refractivity contribution in [2.45, 2.75) is 166 Å². The van der Waals surface area contributed by atoms with Gasteiger partial charge < -0.3 is 63.2 Å². The van der Waals surface area contributed by atoms with E-state index in [4.69, 9.17) is 63.8 Å². The number of hydrogen-bond donors (Lipinski definition) is 5.